The quantitative estimate of drug-likeness (QED) is 0.844. The maximum absolute atomic E-state index is 11.9. The van der Waals surface area contributed by atoms with E-state index in [1.54, 1.807) is 0 Å². The van der Waals surface area contributed by atoms with Crippen molar-refractivity contribution in [3.63, 3.8) is 0 Å². The summed E-state index contributed by atoms with van der Waals surface area (Å²) in [6.07, 6.45) is 3.27. The highest BCUT2D eigenvalue weighted by atomic mass is 32.1. The van der Waals surface area contributed by atoms with E-state index in [4.69, 9.17) is 5.73 Å². The molecule has 0 radical (unpaired) electrons. The summed E-state index contributed by atoms with van der Waals surface area (Å²) in [5.74, 6) is -0.0221. The van der Waals surface area contributed by atoms with Crippen LogP contribution in [0.5, 0.6) is 0 Å². The smallest absolute Gasteiger partial charge is 0.263 e. The molecule has 1 fully saturated rings. The molecule has 1 heterocycles. The van der Waals surface area contributed by atoms with Crippen molar-refractivity contribution in [3.05, 3.63) is 10.9 Å². The van der Waals surface area contributed by atoms with Crippen molar-refractivity contribution >= 4 is 27.9 Å². The molecule has 4 nitrogen and oxygen atoms in total. The fourth-order valence-electron chi connectivity index (χ4n) is 1.68. The number of hydrogen-bond donors (Lipinski definition) is 2. The van der Waals surface area contributed by atoms with Crippen LogP contribution in [0.15, 0.2) is 6.07 Å². The Hall–Kier alpha value is -1.23. The standard InChI is InChI=1S/C12H19N3OS/c1-3-6-15(2)10-7-9(13)11(17-10)12(16)14-8-4-5-8/h7-8H,3-6,13H2,1-2H3,(H,14,16). The second-order valence-electron chi connectivity index (χ2n) is 4.54. The molecule has 0 aliphatic heterocycles. The summed E-state index contributed by atoms with van der Waals surface area (Å²) in [7, 11) is 2.03. The lowest BCUT2D eigenvalue weighted by Gasteiger charge is -2.14. The van der Waals surface area contributed by atoms with Gasteiger partial charge >= 0.3 is 0 Å². The Morgan fingerprint density at radius 2 is 2.35 bits per heavy atom. The van der Waals surface area contributed by atoms with Crippen LogP contribution in [0.3, 0.4) is 0 Å². The third-order valence-electron chi connectivity index (χ3n) is 2.80. The van der Waals surface area contributed by atoms with Gasteiger partial charge in [-0.15, -0.1) is 11.3 Å². The molecule has 94 valence electrons. The molecule has 0 saturated heterocycles. The molecule has 1 aliphatic carbocycles. The summed E-state index contributed by atoms with van der Waals surface area (Å²) >= 11 is 1.47. The number of rotatable bonds is 5. The first-order valence-corrected chi connectivity index (χ1v) is 6.84. The minimum atomic E-state index is -0.0221. The van der Waals surface area contributed by atoms with Crippen molar-refractivity contribution < 1.29 is 4.79 Å². The van der Waals surface area contributed by atoms with Gasteiger partial charge in [0.15, 0.2) is 0 Å². The van der Waals surface area contributed by atoms with Crippen molar-refractivity contribution in [1.29, 1.82) is 0 Å². The van der Waals surface area contributed by atoms with Crippen LogP contribution in [0.25, 0.3) is 0 Å². The zero-order chi connectivity index (χ0) is 12.4. The third-order valence-corrected chi connectivity index (χ3v) is 4.07. The monoisotopic (exact) mass is 253 g/mol. The van der Waals surface area contributed by atoms with Gasteiger partial charge in [0.2, 0.25) is 0 Å². The molecule has 1 saturated carbocycles. The zero-order valence-electron chi connectivity index (χ0n) is 10.3. The molecular formula is C12H19N3OS. The van der Waals surface area contributed by atoms with E-state index in [1.165, 1.54) is 11.3 Å². The lowest BCUT2D eigenvalue weighted by atomic mass is 10.3. The number of nitrogens with zero attached hydrogens (tertiary/aromatic N) is 1. The lowest BCUT2D eigenvalue weighted by Crippen LogP contribution is -2.25. The van der Waals surface area contributed by atoms with Crippen molar-refractivity contribution in [3.8, 4) is 0 Å². The molecule has 17 heavy (non-hydrogen) atoms. The van der Waals surface area contributed by atoms with Crippen LogP contribution in [0, 0.1) is 0 Å². The second kappa shape index (κ2) is 4.96. The highest BCUT2D eigenvalue weighted by Gasteiger charge is 2.25. The lowest BCUT2D eigenvalue weighted by molar-refractivity contribution is 0.0956. The van der Waals surface area contributed by atoms with E-state index in [9.17, 15) is 4.79 Å². The van der Waals surface area contributed by atoms with Crippen molar-refractivity contribution in [2.45, 2.75) is 32.2 Å². The average molecular weight is 253 g/mol. The van der Waals surface area contributed by atoms with Gasteiger partial charge in [-0.3, -0.25) is 4.79 Å². The summed E-state index contributed by atoms with van der Waals surface area (Å²) in [5, 5.41) is 4.03. The molecule has 0 atom stereocenters. The fourth-order valence-corrected chi connectivity index (χ4v) is 2.65. The van der Waals surface area contributed by atoms with Crippen molar-refractivity contribution in [1.82, 2.24) is 5.32 Å². The Labute approximate surface area is 106 Å². The van der Waals surface area contributed by atoms with Crippen LogP contribution in [0.2, 0.25) is 0 Å². The highest BCUT2D eigenvalue weighted by molar-refractivity contribution is 7.18. The van der Waals surface area contributed by atoms with Gasteiger partial charge in [0.1, 0.15) is 4.88 Å². The number of carbonyl (C=O) groups is 1. The molecule has 1 aromatic heterocycles. The summed E-state index contributed by atoms with van der Waals surface area (Å²) in [6.45, 7) is 3.11. The van der Waals surface area contributed by atoms with Crippen molar-refractivity contribution in [2.24, 2.45) is 0 Å². The van der Waals surface area contributed by atoms with E-state index in [1.807, 2.05) is 13.1 Å². The predicted octanol–water partition coefficient (Wildman–Crippen LogP) is 2.07. The van der Waals surface area contributed by atoms with Crippen LogP contribution >= 0.6 is 11.3 Å². The molecule has 0 unspecified atom stereocenters. The van der Waals surface area contributed by atoms with Crippen molar-refractivity contribution in [2.75, 3.05) is 24.2 Å². The summed E-state index contributed by atoms with van der Waals surface area (Å²) in [4.78, 5) is 14.7. The largest absolute Gasteiger partial charge is 0.397 e. The first-order chi connectivity index (χ1) is 8.11. The number of amides is 1. The van der Waals surface area contributed by atoms with Gasteiger partial charge in [0.25, 0.3) is 5.91 Å². The number of nitrogen functional groups attached to an aromatic ring is 1. The molecule has 5 heteroatoms. The van der Waals surface area contributed by atoms with Gasteiger partial charge < -0.3 is 16.0 Å². The third kappa shape index (κ3) is 2.91. The summed E-state index contributed by atoms with van der Waals surface area (Å²) in [5.41, 5.74) is 6.48. The Balaban J connectivity index is 2.08. The molecular weight excluding hydrogens is 234 g/mol. The Kier molecular flexibility index (Phi) is 3.57. The first-order valence-electron chi connectivity index (χ1n) is 6.03. The van der Waals surface area contributed by atoms with E-state index >= 15 is 0 Å². The zero-order valence-corrected chi connectivity index (χ0v) is 11.1. The Bertz CT molecular complexity index is 412. The Morgan fingerprint density at radius 1 is 1.65 bits per heavy atom. The molecule has 1 aliphatic rings. The normalized spacial score (nSPS) is 14.7. The number of nitrogens with one attached hydrogen (secondary N) is 1. The van der Waals surface area contributed by atoms with E-state index in [0.717, 1.165) is 30.8 Å². The molecule has 0 bridgehead atoms. The predicted molar refractivity (Wildman–Crippen MR) is 72.8 cm³/mol. The topological polar surface area (TPSA) is 58.4 Å². The van der Waals surface area contributed by atoms with E-state index in [-0.39, 0.29) is 5.91 Å². The molecule has 0 aromatic carbocycles. The number of carbonyl (C=O) groups excluding carboxylic acids is 1. The SMILES string of the molecule is CCCN(C)c1cc(N)c(C(=O)NC2CC2)s1. The van der Waals surface area contributed by atoms with E-state index < -0.39 is 0 Å². The average Bonchev–Trinajstić information content (AvgIpc) is 2.99. The van der Waals surface area contributed by atoms with E-state index in [2.05, 4.69) is 17.1 Å². The van der Waals surface area contributed by atoms with Gasteiger partial charge in [0.05, 0.1) is 10.7 Å². The van der Waals surface area contributed by atoms with Gasteiger partial charge in [-0.05, 0) is 25.3 Å². The van der Waals surface area contributed by atoms with Gasteiger partial charge in [-0.1, -0.05) is 6.92 Å². The number of thiophene rings is 1. The molecule has 1 aromatic rings. The Morgan fingerprint density at radius 3 is 2.94 bits per heavy atom. The number of hydrogen-bond acceptors (Lipinski definition) is 4. The van der Waals surface area contributed by atoms with Crippen LogP contribution in [0.1, 0.15) is 35.9 Å². The first kappa shape index (κ1) is 12.2. The highest BCUT2D eigenvalue weighted by Crippen LogP contribution is 2.32. The maximum atomic E-state index is 11.9. The fraction of sp³-hybridized carbons (Fsp3) is 0.583. The minimum absolute atomic E-state index is 0.0221. The molecule has 1 amide bonds. The van der Waals surface area contributed by atoms with Gasteiger partial charge in [-0.25, -0.2) is 0 Å². The molecule has 3 N–H and O–H groups in total. The van der Waals surface area contributed by atoms with E-state index in [0.29, 0.717) is 16.6 Å². The van der Waals surface area contributed by atoms with Gasteiger partial charge in [-0.2, -0.15) is 0 Å². The van der Waals surface area contributed by atoms with Crippen LogP contribution < -0.4 is 16.0 Å². The molecule has 2 rings (SSSR count). The summed E-state index contributed by atoms with van der Waals surface area (Å²) < 4.78 is 0. The van der Waals surface area contributed by atoms with Gasteiger partial charge in [0, 0.05) is 19.6 Å². The van der Waals surface area contributed by atoms with Crippen LogP contribution in [-0.2, 0) is 0 Å². The number of nitrogens with two attached hydrogens (primary N) is 1. The number of anilines is 2. The second-order valence-corrected chi connectivity index (χ2v) is 5.57. The van der Waals surface area contributed by atoms with Crippen LogP contribution in [0.4, 0.5) is 10.7 Å². The maximum Gasteiger partial charge on any atom is 0.263 e. The minimum Gasteiger partial charge on any atom is -0.397 e. The summed E-state index contributed by atoms with van der Waals surface area (Å²) in [6, 6.07) is 2.27. The molecule has 0 spiro atoms. The van der Waals surface area contributed by atoms with Crippen LogP contribution in [-0.4, -0.2) is 25.5 Å².